The minimum Gasteiger partial charge on any atom is -0.397 e. The number of hydrogen-bond acceptors (Lipinski definition) is 6. The summed E-state index contributed by atoms with van der Waals surface area (Å²) in [6, 6.07) is 12.9. The number of anilines is 3. The van der Waals surface area contributed by atoms with Crippen molar-refractivity contribution in [3.8, 4) is 0 Å². The number of carbonyl (C=O) groups is 3. The average molecular weight is 409 g/mol. The molecule has 7 heteroatoms. The summed E-state index contributed by atoms with van der Waals surface area (Å²) in [5, 5.41) is 3.46. The predicted octanol–water partition coefficient (Wildman–Crippen LogP) is 4.54. The number of ketones is 2. The Kier molecular flexibility index (Phi) is 4.45. The van der Waals surface area contributed by atoms with E-state index in [0.29, 0.717) is 44.3 Å². The molecule has 0 spiro atoms. The van der Waals surface area contributed by atoms with E-state index in [1.807, 2.05) is 0 Å². The topological polar surface area (TPSA) is 89.3 Å². The number of thiol groups is 1. The van der Waals surface area contributed by atoms with Gasteiger partial charge in [0.1, 0.15) is 0 Å². The van der Waals surface area contributed by atoms with E-state index in [0.717, 1.165) is 0 Å². The number of fused-ring (bicyclic) bond motifs is 2. The Morgan fingerprint density at radius 2 is 1.57 bits per heavy atom. The third-order valence-corrected chi connectivity index (χ3v) is 5.23. The summed E-state index contributed by atoms with van der Waals surface area (Å²) in [7, 11) is 0. The van der Waals surface area contributed by atoms with E-state index >= 15 is 0 Å². The molecule has 5 nitrogen and oxygen atoms in total. The molecule has 0 unspecified atom stereocenters. The molecule has 0 saturated heterocycles. The van der Waals surface area contributed by atoms with E-state index in [2.05, 4.69) is 17.9 Å². The molecular formula is C21H13ClN2O3S. The van der Waals surface area contributed by atoms with Crippen LogP contribution in [0.5, 0.6) is 0 Å². The molecule has 0 radical (unpaired) electrons. The first kappa shape index (κ1) is 18.3. The second kappa shape index (κ2) is 6.82. The van der Waals surface area contributed by atoms with Gasteiger partial charge in [0, 0.05) is 26.6 Å². The van der Waals surface area contributed by atoms with Gasteiger partial charge in [0.15, 0.2) is 17.9 Å². The standard InChI is InChI=1S/C21H13ClN2O3S/c22-11-6-5-10(9-25)14(7-11)24-15-8-16(28)19(23)18-17(15)20(26)12-3-1-2-4-13(12)21(18)27/h1-9,24,28H,23H2. The maximum atomic E-state index is 13.2. The van der Waals surface area contributed by atoms with E-state index in [1.165, 1.54) is 0 Å². The van der Waals surface area contributed by atoms with Crippen molar-refractivity contribution in [3.05, 3.63) is 81.4 Å². The van der Waals surface area contributed by atoms with E-state index in [-0.39, 0.29) is 28.4 Å². The number of nitrogens with one attached hydrogen (secondary N) is 1. The Morgan fingerprint density at radius 3 is 2.21 bits per heavy atom. The monoisotopic (exact) mass is 408 g/mol. The highest BCUT2D eigenvalue weighted by Crippen LogP contribution is 2.40. The van der Waals surface area contributed by atoms with Crippen molar-refractivity contribution in [1.29, 1.82) is 0 Å². The molecule has 138 valence electrons. The Hall–Kier alpha value is -3.09. The molecule has 3 aromatic rings. The zero-order chi connectivity index (χ0) is 20.0. The van der Waals surface area contributed by atoms with Crippen LogP contribution in [0.4, 0.5) is 17.1 Å². The van der Waals surface area contributed by atoms with Crippen LogP contribution in [0.2, 0.25) is 5.02 Å². The molecular weight excluding hydrogens is 396 g/mol. The molecule has 4 rings (SSSR count). The van der Waals surface area contributed by atoms with Gasteiger partial charge in [-0.25, -0.2) is 0 Å². The van der Waals surface area contributed by atoms with Gasteiger partial charge in [-0.15, -0.1) is 12.6 Å². The van der Waals surface area contributed by atoms with Gasteiger partial charge >= 0.3 is 0 Å². The van der Waals surface area contributed by atoms with Crippen LogP contribution in [0.25, 0.3) is 0 Å². The van der Waals surface area contributed by atoms with E-state index in [1.54, 1.807) is 48.5 Å². The number of hydrogen-bond donors (Lipinski definition) is 3. The van der Waals surface area contributed by atoms with Crippen LogP contribution in [0.1, 0.15) is 42.2 Å². The van der Waals surface area contributed by atoms with Crippen molar-refractivity contribution in [3.63, 3.8) is 0 Å². The highest BCUT2D eigenvalue weighted by Gasteiger charge is 2.34. The number of nitrogen functional groups attached to an aromatic ring is 1. The second-order valence-corrected chi connectivity index (χ2v) is 7.20. The van der Waals surface area contributed by atoms with Gasteiger partial charge in [-0.1, -0.05) is 35.9 Å². The van der Waals surface area contributed by atoms with E-state index in [9.17, 15) is 14.4 Å². The highest BCUT2D eigenvalue weighted by molar-refractivity contribution is 7.80. The van der Waals surface area contributed by atoms with Crippen LogP contribution in [0.3, 0.4) is 0 Å². The summed E-state index contributed by atoms with van der Waals surface area (Å²) >= 11 is 10.4. The van der Waals surface area contributed by atoms with Gasteiger partial charge < -0.3 is 11.1 Å². The van der Waals surface area contributed by atoms with E-state index in [4.69, 9.17) is 17.3 Å². The molecule has 1 aliphatic carbocycles. The number of benzene rings is 3. The highest BCUT2D eigenvalue weighted by atomic mass is 35.5. The molecule has 28 heavy (non-hydrogen) atoms. The Morgan fingerprint density at radius 1 is 0.929 bits per heavy atom. The average Bonchev–Trinajstić information content (AvgIpc) is 2.69. The summed E-state index contributed by atoms with van der Waals surface area (Å²) in [4.78, 5) is 37.9. The van der Waals surface area contributed by atoms with Crippen LogP contribution >= 0.6 is 24.2 Å². The molecule has 0 amide bonds. The van der Waals surface area contributed by atoms with Crippen LogP contribution in [0, 0.1) is 0 Å². The van der Waals surface area contributed by atoms with Crippen LogP contribution in [-0.4, -0.2) is 17.9 Å². The molecule has 0 saturated carbocycles. The van der Waals surface area contributed by atoms with Crippen LogP contribution < -0.4 is 11.1 Å². The minimum absolute atomic E-state index is 0.105. The third kappa shape index (κ3) is 2.78. The fourth-order valence-corrected chi connectivity index (χ4v) is 3.70. The van der Waals surface area contributed by atoms with Gasteiger partial charge in [-0.05, 0) is 24.3 Å². The molecule has 0 aromatic heterocycles. The van der Waals surface area contributed by atoms with Crippen LogP contribution in [-0.2, 0) is 0 Å². The van der Waals surface area contributed by atoms with Gasteiger partial charge in [-0.3, -0.25) is 14.4 Å². The lowest BCUT2D eigenvalue weighted by atomic mass is 9.82. The number of rotatable bonds is 3. The van der Waals surface area contributed by atoms with Crippen molar-refractivity contribution in [2.24, 2.45) is 0 Å². The molecule has 3 aromatic carbocycles. The van der Waals surface area contributed by atoms with Crippen molar-refractivity contribution in [2.75, 3.05) is 11.1 Å². The fraction of sp³-hybridized carbons (Fsp3) is 0. The lowest BCUT2D eigenvalue weighted by Crippen LogP contribution is -2.24. The first-order valence-electron chi connectivity index (χ1n) is 8.28. The second-order valence-electron chi connectivity index (χ2n) is 6.29. The minimum atomic E-state index is -0.344. The van der Waals surface area contributed by atoms with Crippen molar-refractivity contribution < 1.29 is 14.4 Å². The van der Waals surface area contributed by atoms with Gasteiger partial charge in [0.2, 0.25) is 0 Å². The normalized spacial score (nSPS) is 12.4. The molecule has 0 atom stereocenters. The maximum Gasteiger partial charge on any atom is 0.196 e. The maximum absolute atomic E-state index is 13.2. The largest absolute Gasteiger partial charge is 0.397 e. The predicted molar refractivity (Wildman–Crippen MR) is 112 cm³/mol. The number of aldehydes is 1. The molecule has 0 bridgehead atoms. The number of carbonyl (C=O) groups excluding carboxylic acids is 3. The van der Waals surface area contributed by atoms with Gasteiger partial charge in [-0.2, -0.15) is 0 Å². The summed E-state index contributed by atoms with van der Waals surface area (Å²) in [6.07, 6.45) is 0.673. The Labute approximate surface area is 170 Å². The first-order chi connectivity index (χ1) is 13.4. The summed E-state index contributed by atoms with van der Waals surface area (Å²) in [5.41, 5.74) is 8.18. The quantitative estimate of drug-likeness (QED) is 0.263. The summed E-state index contributed by atoms with van der Waals surface area (Å²) in [6.45, 7) is 0. The molecule has 1 aliphatic rings. The molecule has 0 heterocycles. The zero-order valence-electron chi connectivity index (χ0n) is 14.3. The summed E-state index contributed by atoms with van der Waals surface area (Å²) in [5.74, 6) is -0.675. The molecule has 3 N–H and O–H groups in total. The van der Waals surface area contributed by atoms with Crippen molar-refractivity contribution in [1.82, 2.24) is 0 Å². The van der Waals surface area contributed by atoms with Crippen molar-refractivity contribution in [2.45, 2.75) is 4.90 Å². The van der Waals surface area contributed by atoms with Crippen molar-refractivity contribution >= 4 is 59.1 Å². The SMILES string of the molecule is Nc1c(S)cc(Nc2cc(Cl)ccc2C=O)c2c1C(=O)c1ccccc1C2=O. The fourth-order valence-electron chi connectivity index (χ4n) is 3.29. The number of nitrogens with two attached hydrogens (primary N) is 1. The first-order valence-corrected chi connectivity index (χ1v) is 9.10. The van der Waals surface area contributed by atoms with Gasteiger partial charge in [0.05, 0.1) is 28.2 Å². The lowest BCUT2D eigenvalue weighted by molar-refractivity contribution is 0.0980. The van der Waals surface area contributed by atoms with Crippen LogP contribution in [0.15, 0.2) is 53.4 Å². The molecule has 0 aliphatic heterocycles. The summed E-state index contributed by atoms with van der Waals surface area (Å²) < 4.78 is 0. The Balaban J connectivity index is 1.96. The van der Waals surface area contributed by atoms with E-state index < -0.39 is 0 Å². The number of halogens is 1. The lowest BCUT2D eigenvalue weighted by Gasteiger charge is -2.23. The smallest absolute Gasteiger partial charge is 0.196 e. The molecule has 0 fully saturated rings. The van der Waals surface area contributed by atoms with Gasteiger partial charge in [0.25, 0.3) is 0 Å². The zero-order valence-corrected chi connectivity index (χ0v) is 16.0. The Bertz CT molecular complexity index is 1190. The third-order valence-electron chi connectivity index (χ3n) is 4.63.